The highest BCUT2D eigenvalue weighted by Gasteiger charge is 2.24. The van der Waals surface area contributed by atoms with Crippen molar-refractivity contribution < 1.29 is 9.53 Å². The van der Waals surface area contributed by atoms with Gasteiger partial charge in [-0.3, -0.25) is 10.1 Å². The summed E-state index contributed by atoms with van der Waals surface area (Å²) in [5, 5.41) is 2.84. The number of anilines is 1. The van der Waals surface area contributed by atoms with Crippen molar-refractivity contribution in [1.82, 2.24) is 9.55 Å². The van der Waals surface area contributed by atoms with E-state index < -0.39 is 0 Å². The Morgan fingerprint density at radius 1 is 1.40 bits per heavy atom. The first kappa shape index (κ1) is 12.9. The maximum atomic E-state index is 12.0. The average molecular weight is 271 g/mol. The second kappa shape index (κ2) is 5.88. The standard InChI is InChI=1S/C15H17N3O2/c19-14(13-7-4-10-20-13)17-15-16-8-9-18(15)11-12-5-2-1-3-6-12/h1-3,5-6,8-9,13H,4,7,10-11H2,(H,16,17,19)/t13-/m1/s1. The zero-order valence-corrected chi connectivity index (χ0v) is 11.2. The van der Waals surface area contributed by atoms with E-state index in [1.54, 1.807) is 6.20 Å². The number of imidazole rings is 1. The van der Waals surface area contributed by atoms with Crippen LogP contribution in [0.2, 0.25) is 0 Å². The van der Waals surface area contributed by atoms with E-state index in [1.807, 2.05) is 41.1 Å². The third-order valence-electron chi connectivity index (χ3n) is 3.37. The Balaban J connectivity index is 1.68. The number of rotatable bonds is 4. The number of carbonyl (C=O) groups excluding carboxylic acids is 1. The Bertz CT molecular complexity index is 574. The molecule has 0 saturated carbocycles. The summed E-state index contributed by atoms with van der Waals surface area (Å²) in [4.78, 5) is 16.2. The molecule has 1 amide bonds. The first-order valence-corrected chi connectivity index (χ1v) is 6.80. The van der Waals surface area contributed by atoms with E-state index in [9.17, 15) is 4.79 Å². The molecule has 0 bridgehead atoms. The van der Waals surface area contributed by atoms with Crippen molar-refractivity contribution in [1.29, 1.82) is 0 Å². The average Bonchev–Trinajstić information content (AvgIpc) is 3.12. The zero-order chi connectivity index (χ0) is 13.8. The monoisotopic (exact) mass is 271 g/mol. The SMILES string of the molecule is O=C(Nc1nccn1Cc1ccccc1)[C@H]1CCCO1. The van der Waals surface area contributed by atoms with Gasteiger partial charge in [0.2, 0.25) is 5.95 Å². The fraction of sp³-hybridized carbons (Fsp3) is 0.333. The number of benzene rings is 1. The van der Waals surface area contributed by atoms with Gasteiger partial charge in [-0.1, -0.05) is 30.3 Å². The molecule has 1 N–H and O–H groups in total. The van der Waals surface area contributed by atoms with Gasteiger partial charge in [0.25, 0.3) is 5.91 Å². The van der Waals surface area contributed by atoms with E-state index in [0.29, 0.717) is 19.1 Å². The van der Waals surface area contributed by atoms with Crippen molar-refractivity contribution in [3.63, 3.8) is 0 Å². The maximum absolute atomic E-state index is 12.0. The smallest absolute Gasteiger partial charge is 0.255 e. The number of nitrogens with one attached hydrogen (secondary N) is 1. The molecule has 2 heterocycles. The van der Waals surface area contributed by atoms with Crippen LogP contribution < -0.4 is 5.32 Å². The molecule has 1 atom stereocenters. The third-order valence-corrected chi connectivity index (χ3v) is 3.37. The minimum absolute atomic E-state index is 0.108. The van der Waals surface area contributed by atoms with Crippen LogP contribution in [0.25, 0.3) is 0 Å². The highest BCUT2D eigenvalue weighted by Crippen LogP contribution is 2.15. The molecule has 3 rings (SSSR count). The summed E-state index contributed by atoms with van der Waals surface area (Å²) in [5.74, 6) is 0.456. The number of amides is 1. The van der Waals surface area contributed by atoms with Crippen LogP contribution in [0.15, 0.2) is 42.7 Å². The van der Waals surface area contributed by atoms with Gasteiger partial charge in [0, 0.05) is 19.0 Å². The topological polar surface area (TPSA) is 56.2 Å². The summed E-state index contributed by atoms with van der Waals surface area (Å²) in [6.07, 6.45) is 4.94. The van der Waals surface area contributed by atoms with Crippen molar-refractivity contribution in [2.45, 2.75) is 25.5 Å². The zero-order valence-electron chi connectivity index (χ0n) is 11.2. The maximum Gasteiger partial charge on any atom is 0.255 e. The van der Waals surface area contributed by atoms with Crippen LogP contribution in [0.4, 0.5) is 5.95 Å². The number of ether oxygens (including phenoxy) is 1. The lowest BCUT2D eigenvalue weighted by molar-refractivity contribution is -0.124. The van der Waals surface area contributed by atoms with Gasteiger partial charge in [0.15, 0.2) is 0 Å². The molecular weight excluding hydrogens is 254 g/mol. The second-order valence-electron chi connectivity index (χ2n) is 4.86. The minimum Gasteiger partial charge on any atom is -0.368 e. The van der Waals surface area contributed by atoms with Crippen LogP contribution in [0.5, 0.6) is 0 Å². The largest absolute Gasteiger partial charge is 0.368 e. The third kappa shape index (κ3) is 2.88. The van der Waals surface area contributed by atoms with E-state index in [2.05, 4.69) is 10.3 Å². The molecule has 0 radical (unpaired) electrons. The number of carbonyl (C=O) groups is 1. The van der Waals surface area contributed by atoms with E-state index >= 15 is 0 Å². The lowest BCUT2D eigenvalue weighted by Crippen LogP contribution is -2.28. The van der Waals surface area contributed by atoms with Crippen molar-refractivity contribution in [3.05, 3.63) is 48.3 Å². The summed E-state index contributed by atoms with van der Waals surface area (Å²) in [7, 11) is 0. The summed E-state index contributed by atoms with van der Waals surface area (Å²) in [6, 6.07) is 10.1. The quantitative estimate of drug-likeness (QED) is 0.926. The molecule has 2 aromatic rings. The van der Waals surface area contributed by atoms with Crippen molar-refractivity contribution >= 4 is 11.9 Å². The number of nitrogens with zero attached hydrogens (tertiary/aromatic N) is 2. The molecule has 0 unspecified atom stereocenters. The molecule has 0 aliphatic carbocycles. The Labute approximate surface area is 117 Å². The molecule has 1 aromatic heterocycles. The van der Waals surface area contributed by atoms with Crippen LogP contribution in [0.1, 0.15) is 18.4 Å². The molecule has 1 fully saturated rings. The first-order chi connectivity index (χ1) is 9.83. The van der Waals surface area contributed by atoms with E-state index in [0.717, 1.165) is 18.4 Å². The summed E-state index contributed by atoms with van der Waals surface area (Å²) >= 11 is 0. The summed E-state index contributed by atoms with van der Waals surface area (Å²) < 4.78 is 7.29. The number of hydrogen-bond acceptors (Lipinski definition) is 3. The van der Waals surface area contributed by atoms with Crippen LogP contribution in [0, 0.1) is 0 Å². The molecular formula is C15H17N3O2. The van der Waals surface area contributed by atoms with Crippen LogP contribution in [-0.4, -0.2) is 28.2 Å². The molecule has 5 nitrogen and oxygen atoms in total. The van der Waals surface area contributed by atoms with Crippen molar-refractivity contribution in [3.8, 4) is 0 Å². The molecule has 1 aliphatic rings. The fourth-order valence-corrected chi connectivity index (χ4v) is 2.32. The summed E-state index contributed by atoms with van der Waals surface area (Å²) in [5.41, 5.74) is 1.16. The lowest BCUT2D eigenvalue weighted by atomic mass is 10.2. The first-order valence-electron chi connectivity index (χ1n) is 6.80. The lowest BCUT2D eigenvalue weighted by Gasteiger charge is -2.12. The van der Waals surface area contributed by atoms with Crippen molar-refractivity contribution in [2.75, 3.05) is 11.9 Å². The normalized spacial score (nSPS) is 18.1. The molecule has 20 heavy (non-hydrogen) atoms. The molecule has 1 aromatic carbocycles. The van der Waals surface area contributed by atoms with E-state index in [4.69, 9.17) is 4.74 Å². The highest BCUT2D eigenvalue weighted by atomic mass is 16.5. The molecule has 0 spiro atoms. The Morgan fingerprint density at radius 3 is 3.00 bits per heavy atom. The van der Waals surface area contributed by atoms with E-state index in [1.165, 1.54) is 0 Å². The summed E-state index contributed by atoms with van der Waals surface area (Å²) in [6.45, 7) is 1.35. The molecule has 5 heteroatoms. The van der Waals surface area contributed by atoms with Gasteiger partial charge >= 0.3 is 0 Å². The van der Waals surface area contributed by atoms with Crippen LogP contribution >= 0.6 is 0 Å². The van der Waals surface area contributed by atoms with Crippen LogP contribution in [-0.2, 0) is 16.1 Å². The number of hydrogen-bond donors (Lipinski definition) is 1. The fourth-order valence-electron chi connectivity index (χ4n) is 2.32. The van der Waals surface area contributed by atoms with Crippen LogP contribution in [0.3, 0.4) is 0 Å². The van der Waals surface area contributed by atoms with Gasteiger partial charge in [0.1, 0.15) is 6.10 Å². The van der Waals surface area contributed by atoms with Gasteiger partial charge in [-0.25, -0.2) is 4.98 Å². The highest BCUT2D eigenvalue weighted by molar-refractivity contribution is 5.92. The predicted molar refractivity (Wildman–Crippen MR) is 75.4 cm³/mol. The predicted octanol–water partition coefficient (Wildman–Crippen LogP) is 2.05. The molecule has 1 aliphatic heterocycles. The molecule has 104 valence electrons. The minimum atomic E-state index is -0.336. The Hall–Kier alpha value is -2.14. The second-order valence-corrected chi connectivity index (χ2v) is 4.86. The molecule has 1 saturated heterocycles. The Kier molecular flexibility index (Phi) is 3.78. The van der Waals surface area contributed by atoms with Gasteiger partial charge in [-0.15, -0.1) is 0 Å². The van der Waals surface area contributed by atoms with Gasteiger partial charge in [0.05, 0.1) is 6.54 Å². The van der Waals surface area contributed by atoms with Gasteiger partial charge in [-0.05, 0) is 18.4 Å². The Morgan fingerprint density at radius 2 is 2.25 bits per heavy atom. The van der Waals surface area contributed by atoms with Crippen molar-refractivity contribution in [2.24, 2.45) is 0 Å². The number of aromatic nitrogens is 2. The van der Waals surface area contributed by atoms with E-state index in [-0.39, 0.29) is 12.0 Å². The van der Waals surface area contributed by atoms with Gasteiger partial charge < -0.3 is 9.30 Å². The van der Waals surface area contributed by atoms with Gasteiger partial charge in [-0.2, -0.15) is 0 Å².